The Morgan fingerprint density at radius 2 is 1.08 bits per heavy atom. The molecule has 0 aromatic heterocycles. The lowest BCUT2D eigenvalue weighted by Crippen LogP contribution is -2.06. The molecule has 0 aliphatic carbocycles. The summed E-state index contributed by atoms with van der Waals surface area (Å²) in [4.78, 5) is 23.2. The van der Waals surface area contributed by atoms with Crippen molar-refractivity contribution < 1.29 is 19.1 Å². The second-order valence-electron chi connectivity index (χ2n) is 5.23. The van der Waals surface area contributed by atoms with Gasteiger partial charge in [-0.05, 0) is 36.4 Å². The number of hydrogen-bond acceptors (Lipinski definition) is 4. The van der Waals surface area contributed by atoms with Gasteiger partial charge in [-0.15, -0.1) is 0 Å². The van der Waals surface area contributed by atoms with E-state index in [-0.39, 0.29) is 0 Å². The van der Waals surface area contributed by atoms with Gasteiger partial charge in [0, 0.05) is 44.3 Å². The monoisotopic (exact) mass is 450 g/mol. The first-order chi connectivity index (χ1) is 11.4. The molecule has 3 aromatic rings. The Morgan fingerprint density at radius 3 is 1.42 bits per heavy atom. The van der Waals surface area contributed by atoms with E-state index in [1.165, 1.54) is 13.8 Å². The Bertz CT molecular complexity index is 914. The quantitative estimate of drug-likeness (QED) is 0.298. The summed E-state index contributed by atoms with van der Waals surface area (Å²) in [6, 6.07) is 11.0. The molecule has 0 heterocycles. The van der Waals surface area contributed by atoms with Crippen LogP contribution in [0.2, 0.25) is 0 Å². The lowest BCUT2D eigenvalue weighted by molar-refractivity contribution is -0.132. The number of carbonyl (C=O) groups is 2. The summed E-state index contributed by atoms with van der Waals surface area (Å²) in [5, 5.41) is 2.75. The van der Waals surface area contributed by atoms with Crippen LogP contribution in [0.3, 0.4) is 0 Å². The van der Waals surface area contributed by atoms with Gasteiger partial charge >= 0.3 is 11.9 Å². The van der Waals surface area contributed by atoms with E-state index in [1.54, 1.807) is 0 Å². The Hall–Kier alpha value is -1.92. The third-order valence-electron chi connectivity index (χ3n) is 3.43. The molecule has 0 fully saturated rings. The second-order valence-corrected chi connectivity index (χ2v) is 7.06. The standard InChI is InChI=1S/C18H12Br2O4/c1-9(21)23-17-13-5-3-12(20)8-16(13)18(24-10(2)22)14-6-4-11(19)7-15(14)17/h3-8H,1-2H3. The molecule has 24 heavy (non-hydrogen) atoms. The van der Waals surface area contributed by atoms with Gasteiger partial charge in [-0.25, -0.2) is 0 Å². The normalized spacial score (nSPS) is 10.8. The van der Waals surface area contributed by atoms with Crippen LogP contribution in [0.4, 0.5) is 0 Å². The first-order valence-corrected chi connectivity index (χ1v) is 8.66. The predicted molar refractivity (Wildman–Crippen MR) is 99.5 cm³/mol. The van der Waals surface area contributed by atoms with Crippen LogP contribution >= 0.6 is 31.9 Å². The Balaban J connectivity index is 2.52. The average molecular weight is 452 g/mol. The second kappa shape index (κ2) is 6.53. The summed E-state index contributed by atoms with van der Waals surface area (Å²) in [5.74, 6) is 0.0517. The van der Waals surface area contributed by atoms with Crippen LogP contribution in [0.1, 0.15) is 13.8 Å². The maximum atomic E-state index is 11.6. The van der Waals surface area contributed by atoms with Crippen LogP contribution in [0.25, 0.3) is 21.5 Å². The van der Waals surface area contributed by atoms with Crippen molar-refractivity contribution in [3.63, 3.8) is 0 Å². The van der Waals surface area contributed by atoms with Gasteiger partial charge in [-0.1, -0.05) is 31.9 Å². The first kappa shape index (κ1) is 16.9. The minimum Gasteiger partial charge on any atom is -0.425 e. The molecule has 0 saturated carbocycles. The van der Waals surface area contributed by atoms with Gasteiger partial charge in [0.15, 0.2) is 0 Å². The van der Waals surface area contributed by atoms with Crippen LogP contribution in [-0.2, 0) is 9.59 Å². The van der Waals surface area contributed by atoms with Crippen LogP contribution < -0.4 is 9.47 Å². The number of fused-ring (bicyclic) bond motifs is 2. The molecule has 0 saturated heterocycles. The van der Waals surface area contributed by atoms with Gasteiger partial charge in [0.05, 0.1) is 0 Å². The summed E-state index contributed by atoms with van der Waals surface area (Å²) in [5.41, 5.74) is 0. The lowest BCUT2D eigenvalue weighted by atomic mass is 10.0. The van der Waals surface area contributed by atoms with E-state index in [0.717, 1.165) is 8.95 Å². The Labute approximate surface area is 155 Å². The van der Waals surface area contributed by atoms with Crippen molar-refractivity contribution in [2.45, 2.75) is 13.8 Å². The van der Waals surface area contributed by atoms with E-state index in [0.29, 0.717) is 33.0 Å². The van der Waals surface area contributed by atoms with Gasteiger partial charge in [-0.2, -0.15) is 0 Å². The molecule has 0 bridgehead atoms. The van der Waals surface area contributed by atoms with E-state index in [9.17, 15) is 9.59 Å². The molecule has 3 aromatic carbocycles. The van der Waals surface area contributed by atoms with E-state index >= 15 is 0 Å². The number of halogens is 2. The number of benzene rings is 3. The summed E-state index contributed by atoms with van der Waals surface area (Å²) in [6.07, 6.45) is 0. The highest BCUT2D eigenvalue weighted by atomic mass is 79.9. The number of hydrogen-bond donors (Lipinski definition) is 0. The zero-order chi connectivity index (χ0) is 17.4. The van der Waals surface area contributed by atoms with Crippen molar-refractivity contribution in [3.05, 3.63) is 45.3 Å². The van der Waals surface area contributed by atoms with E-state index in [1.807, 2.05) is 36.4 Å². The molecule has 0 spiro atoms. The van der Waals surface area contributed by atoms with Gasteiger partial charge < -0.3 is 9.47 Å². The molecule has 0 atom stereocenters. The number of ether oxygens (including phenoxy) is 2. The maximum absolute atomic E-state index is 11.6. The molecule has 0 unspecified atom stereocenters. The fourth-order valence-electron chi connectivity index (χ4n) is 2.60. The van der Waals surface area contributed by atoms with Gasteiger partial charge in [-0.3, -0.25) is 9.59 Å². The van der Waals surface area contributed by atoms with Crippen molar-refractivity contribution in [3.8, 4) is 11.5 Å². The van der Waals surface area contributed by atoms with Crippen LogP contribution in [-0.4, -0.2) is 11.9 Å². The third kappa shape index (κ3) is 3.16. The molecular formula is C18H12Br2O4. The SMILES string of the molecule is CC(=O)Oc1c2ccc(Br)cc2c(OC(C)=O)c2ccc(Br)cc12. The maximum Gasteiger partial charge on any atom is 0.308 e. The Kier molecular flexibility index (Phi) is 4.60. The highest BCUT2D eigenvalue weighted by Crippen LogP contribution is 2.44. The summed E-state index contributed by atoms with van der Waals surface area (Å²) in [7, 11) is 0. The Morgan fingerprint density at radius 1 is 0.708 bits per heavy atom. The molecule has 3 rings (SSSR count). The molecule has 0 amide bonds. The topological polar surface area (TPSA) is 52.6 Å². The molecule has 0 aliphatic heterocycles. The van der Waals surface area contributed by atoms with Crippen LogP contribution in [0.15, 0.2) is 45.3 Å². The van der Waals surface area contributed by atoms with Gasteiger partial charge in [0.1, 0.15) is 11.5 Å². The van der Waals surface area contributed by atoms with Crippen molar-refractivity contribution in [2.75, 3.05) is 0 Å². The van der Waals surface area contributed by atoms with Crippen molar-refractivity contribution in [2.24, 2.45) is 0 Å². The molecule has 0 aliphatic rings. The van der Waals surface area contributed by atoms with E-state index in [2.05, 4.69) is 31.9 Å². The molecular weight excluding hydrogens is 440 g/mol. The summed E-state index contributed by atoms with van der Waals surface area (Å²) in [6.45, 7) is 2.71. The highest BCUT2D eigenvalue weighted by Gasteiger charge is 2.19. The zero-order valence-electron chi connectivity index (χ0n) is 12.9. The zero-order valence-corrected chi connectivity index (χ0v) is 16.0. The van der Waals surface area contributed by atoms with Gasteiger partial charge in [0.25, 0.3) is 0 Å². The molecule has 6 heteroatoms. The fraction of sp³-hybridized carbons (Fsp3) is 0.111. The summed E-state index contributed by atoms with van der Waals surface area (Å²) >= 11 is 6.86. The average Bonchev–Trinajstić information content (AvgIpc) is 2.49. The van der Waals surface area contributed by atoms with Crippen molar-refractivity contribution in [1.29, 1.82) is 0 Å². The van der Waals surface area contributed by atoms with Crippen molar-refractivity contribution >= 4 is 65.3 Å². The third-order valence-corrected chi connectivity index (χ3v) is 4.42. The first-order valence-electron chi connectivity index (χ1n) is 7.08. The minimum absolute atomic E-state index is 0.416. The number of rotatable bonds is 2. The van der Waals surface area contributed by atoms with E-state index < -0.39 is 11.9 Å². The number of esters is 2. The van der Waals surface area contributed by atoms with E-state index in [4.69, 9.17) is 9.47 Å². The highest BCUT2D eigenvalue weighted by molar-refractivity contribution is 9.10. The predicted octanol–water partition coefficient (Wildman–Crippen LogP) is 5.37. The van der Waals surface area contributed by atoms with Crippen LogP contribution in [0.5, 0.6) is 11.5 Å². The molecule has 122 valence electrons. The molecule has 4 nitrogen and oxygen atoms in total. The largest absolute Gasteiger partial charge is 0.425 e. The number of carbonyl (C=O) groups excluding carboxylic acids is 2. The molecule has 0 radical (unpaired) electrons. The minimum atomic E-state index is -0.416. The molecule has 0 N–H and O–H groups in total. The van der Waals surface area contributed by atoms with Gasteiger partial charge in [0.2, 0.25) is 0 Å². The van der Waals surface area contributed by atoms with Crippen LogP contribution in [0, 0.1) is 0 Å². The van der Waals surface area contributed by atoms with Crippen molar-refractivity contribution in [1.82, 2.24) is 0 Å². The lowest BCUT2D eigenvalue weighted by Gasteiger charge is -2.16. The summed E-state index contributed by atoms with van der Waals surface area (Å²) < 4.78 is 12.6. The smallest absolute Gasteiger partial charge is 0.308 e. The fourth-order valence-corrected chi connectivity index (χ4v) is 3.32.